The second kappa shape index (κ2) is 4.31. The van der Waals surface area contributed by atoms with Gasteiger partial charge in [-0.15, -0.1) is 0 Å². The highest BCUT2D eigenvalue weighted by Gasteiger charge is 2.27. The lowest BCUT2D eigenvalue weighted by Crippen LogP contribution is -2.44. The molecule has 1 aromatic carbocycles. The molecular formula is C9H11N3O3S. The molecule has 0 heterocycles. The number of amides is 1. The van der Waals surface area contributed by atoms with Gasteiger partial charge in [0, 0.05) is 5.56 Å². The Kier molecular flexibility index (Phi) is 3.28. The van der Waals surface area contributed by atoms with Crippen LogP contribution in [0.3, 0.4) is 0 Å². The van der Waals surface area contributed by atoms with Crippen LogP contribution in [0.25, 0.3) is 0 Å². The second-order valence-electron chi connectivity index (χ2n) is 3.08. The zero-order valence-corrected chi connectivity index (χ0v) is 9.36. The van der Waals surface area contributed by atoms with E-state index in [0.717, 1.165) is 6.26 Å². The molecule has 0 radical (unpaired) electrons. The molecule has 86 valence electrons. The lowest BCUT2D eigenvalue weighted by Gasteiger charge is -2.17. The molecule has 3 N–H and O–H groups in total. The quantitative estimate of drug-likeness (QED) is 0.561. The molecule has 6 nitrogen and oxygen atoms in total. The van der Waals surface area contributed by atoms with Crippen molar-refractivity contribution >= 4 is 21.9 Å². The van der Waals surface area contributed by atoms with Gasteiger partial charge in [-0.2, -0.15) is 4.31 Å². The second-order valence-corrected chi connectivity index (χ2v) is 4.92. The van der Waals surface area contributed by atoms with Gasteiger partial charge in [0.15, 0.2) is 0 Å². The van der Waals surface area contributed by atoms with Gasteiger partial charge in [-0.3, -0.25) is 10.2 Å². The van der Waals surface area contributed by atoms with Crippen LogP contribution in [0.5, 0.6) is 0 Å². The standard InChI is InChI=1S/C9H11N3O3S/c1-16(14,15)12(9(10)11)8(13)7-5-3-2-4-6-7/h2-6H,1H3,(H3,10,11). The summed E-state index contributed by atoms with van der Waals surface area (Å²) in [5, 5.41) is 7.09. The number of nitrogens with zero attached hydrogens (tertiary/aromatic N) is 1. The van der Waals surface area contributed by atoms with Crippen molar-refractivity contribution in [3.05, 3.63) is 35.9 Å². The van der Waals surface area contributed by atoms with Crippen molar-refractivity contribution in [2.45, 2.75) is 0 Å². The van der Waals surface area contributed by atoms with Crippen LogP contribution >= 0.6 is 0 Å². The van der Waals surface area contributed by atoms with Crippen molar-refractivity contribution in [2.24, 2.45) is 5.73 Å². The highest BCUT2D eigenvalue weighted by atomic mass is 32.2. The summed E-state index contributed by atoms with van der Waals surface area (Å²) in [5.74, 6) is -1.66. The lowest BCUT2D eigenvalue weighted by molar-refractivity contribution is 0.0912. The van der Waals surface area contributed by atoms with Gasteiger partial charge < -0.3 is 5.73 Å². The molecular weight excluding hydrogens is 230 g/mol. The number of hydrogen-bond acceptors (Lipinski definition) is 4. The summed E-state index contributed by atoms with van der Waals surface area (Å²) in [6.07, 6.45) is 0.815. The maximum atomic E-state index is 11.8. The number of carbonyl (C=O) groups is 1. The summed E-state index contributed by atoms with van der Waals surface area (Å²) in [4.78, 5) is 11.8. The van der Waals surface area contributed by atoms with Crippen LogP contribution in [0.1, 0.15) is 10.4 Å². The van der Waals surface area contributed by atoms with Crippen LogP contribution < -0.4 is 5.73 Å². The summed E-state index contributed by atoms with van der Waals surface area (Å²) < 4.78 is 22.8. The smallest absolute Gasteiger partial charge is 0.274 e. The van der Waals surface area contributed by atoms with E-state index in [1.165, 1.54) is 12.1 Å². The molecule has 0 unspecified atom stereocenters. The van der Waals surface area contributed by atoms with Gasteiger partial charge in [0.2, 0.25) is 16.0 Å². The summed E-state index contributed by atoms with van der Waals surface area (Å²) in [6, 6.07) is 7.77. The molecule has 7 heteroatoms. The van der Waals surface area contributed by atoms with E-state index in [-0.39, 0.29) is 9.87 Å². The van der Waals surface area contributed by atoms with Crippen molar-refractivity contribution < 1.29 is 13.2 Å². The van der Waals surface area contributed by atoms with Crippen LogP contribution in [0.15, 0.2) is 30.3 Å². The third kappa shape index (κ3) is 2.57. The number of nitrogens with one attached hydrogen (secondary N) is 1. The minimum absolute atomic E-state index is 0.156. The van der Waals surface area contributed by atoms with Gasteiger partial charge in [0.25, 0.3) is 5.91 Å². The first-order chi connectivity index (χ1) is 7.34. The number of carbonyl (C=O) groups excluding carboxylic acids is 1. The van der Waals surface area contributed by atoms with Gasteiger partial charge >= 0.3 is 0 Å². The third-order valence-electron chi connectivity index (χ3n) is 1.76. The minimum Gasteiger partial charge on any atom is -0.369 e. The minimum atomic E-state index is -3.88. The number of benzene rings is 1. The maximum absolute atomic E-state index is 11.8. The molecule has 0 aliphatic carbocycles. The van der Waals surface area contributed by atoms with Crippen LogP contribution in [0.4, 0.5) is 0 Å². The van der Waals surface area contributed by atoms with Crippen molar-refractivity contribution in [1.29, 1.82) is 5.41 Å². The average Bonchev–Trinajstić information content (AvgIpc) is 2.16. The Morgan fingerprint density at radius 1 is 1.31 bits per heavy atom. The summed E-state index contributed by atoms with van der Waals surface area (Å²) in [5.41, 5.74) is 5.23. The average molecular weight is 241 g/mol. The van der Waals surface area contributed by atoms with E-state index in [4.69, 9.17) is 11.1 Å². The summed E-state index contributed by atoms with van der Waals surface area (Å²) in [6.45, 7) is 0. The maximum Gasteiger partial charge on any atom is 0.274 e. The van der Waals surface area contributed by atoms with Gasteiger partial charge in [-0.25, -0.2) is 8.42 Å². The fraction of sp³-hybridized carbons (Fsp3) is 0.111. The highest BCUT2D eigenvalue weighted by Crippen LogP contribution is 2.07. The van der Waals surface area contributed by atoms with E-state index >= 15 is 0 Å². The van der Waals surface area contributed by atoms with Crippen LogP contribution in [-0.4, -0.2) is 30.8 Å². The fourth-order valence-corrected chi connectivity index (χ4v) is 1.90. The molecule has 0 aliphatic rings. The third-order valence-corrected chi connectivity index (χ3v) is 2.78. The Morgan fingerprint density at radius 3 is 2.19 bits per heavy atom. The molecule has 0 bridgehead atoms. The number of sulfonamides is 1. The molecule has 0 spiro atoms. The largest absolute Gasteiger partial charge is 0.369 e. The van der Waals surface area contributed by atoms with E-state index in [0.29, 0.717) is 0 Å². The van der Waals surface area contributed by atoms with Crippen molar-refractivity contribution in [1.82, 2.24) is 4.31 Å². The van der Waals surface area contributed by atoms with Crippen LogP contribution in [-0.2, 0) is 10.0 Å². The molecule has 1 amide bonds. The number of hydrogen-bond donors (Lipinski definition) is 2. The summed E-state index contributed by atoms with van der Waals surface area (Å²) in [7, 11) is -3.88. The Bertz CT molecular complexity index is 510. The van der Waals surface area contributed by atoms with E-state index in [1.54, 1.807) is 18.2 Å². The van der Waals surface area contributed by atoms with Gasteiger partial charge in [0.05, 0.1) is 6.26 Å². The van der Waals surface area contributed by atoms with Crippen LogP contribution in [0.2, 0.25) is 0 Å². The molecule has 1 aromatic rings. The number of nitrogens with two attached hydrogens (primary N) is 1. The topological polar surface area (TPSA) is 104 Å². The van der Waals surface area contributed by atoms with Gasteiger partial charge in [-0.1, -0.05) is 18.2 Å². The zero-order valence-electron chi connectivity index (χ0n) is 8.54. The Balaban J connectivity index is 3.18. The molecule has 0 aromatic heterocycles. The van der Waals surface area contributed by atoms with E-state index in [1.807, 2.05) is 0 Å². The molecule has 0 fully saturated rings. The molecule has 0 aliphatic heterocycles. The van der Waals surface area contributed by atoms with E-state index in [2.05, 4.69) is 0 Å². The predicted octanol–water partition coefficient (Wildman–Crippen LogP) is -0.0181. The van der Waals surface area contributed by atoms with E-state index < -0.39 is 21.9 Å². The summed E-state index contributed by atoms with van der Waals surface area (Å²) >= 11 is 0. The Morgan fingerprint density at radius 2 is 1.81 bits per heavy atom. The lowest BCUT2D eigenvalue weighted by atomic mass is 10.2. The first-order valence-corrected chi connectivity index (χ1v) is 6.12. The number of rotatable bonds is 2. The SMILES string of the molecule is CS(=O)(=O)N(C(=N)N)C(=O)c1ccccc1. The van der Waals surface area contributed by atoms with Crippen molar-refractivity contribution in [2.75, 3.05) is 6.26 Å². The van der Waals surface area contributed by atoms with Crippen molar-refractivity contribution in [3.8, 4) is 0 Å². The zero-order chi connectivity index (χ0) is 12.3. The molecule has 1 rings (SSSR count). The highest BCUT2D eigenvalue weighted by molar-refractivity contribution is 7.89. The monoisotopic (exact) mass is 241 g/mol. The van der Waals surface area contributed by atoms with Crippen LogP contribution in [0, 0.1) is 5.41 Å². The fourth-order valence-electron chi connectivity index (χ4n) is 1.14. The van der Waals surface area contributed by atoms with Gasteiger partial charge in [0.1, 0.15) is 0 Å². The molecule has 0 saturated carbocycles. The molecule has 0 atom stereocenters. The Hall–Kier alpha value is -1.89. The van der Waals surface area contributed by atoms with E-state index in [9.17, 15) is 13.2 Å². The first kappa shape index (κ1) is 12.2. The number of guanidine groups is 1. The first-order valence-electron chi connectivity index (χ1n) is 4.27. The van der Waals surface area contributed by atoms with Crippen molar-refractivity contribution in [3.63, 3.8) is 0 Å². The molecule has 16 heavy (non-hydrogen) atoms. The normalized spacial score (nSPS) is 10.8. The molecule has 0 saturated heterocycles. The Labute approximate surface area is 93.2 Å². The van der Waals surface area contributed by atoms with Gasteiger partial charge in [-0.05, 0) is 12.1 Å². The predicted molar refractivity (Wildman–Crippen MR) is 59.4 cm³/mol.